The lowest BCUT2D eigenvalue weighted by Crippen LogP contribution is -2.42. The zero-order valence-corrected chi connectivity index (χ0v) is 19.8. The molecule has 5 rings (SSSR count). The number of nitrogens with one attached hydrogen (secondary N) is 1. The van der Waals surface area contributed by atoms with E-state index >= 15 is 0 Å². The molecule has 0 aliphatic carbocycles. The Morgan fingerprint density at radius 1 is 1.06 bits per heavy atom. The first-order valence-electron chi connectivity index (χ1n) is 11.6. The third-order valence-corrected chi connectivity index (χ3v) is 6.68. The first-order chi connectivity index (χ1) is 16.6. The fraction of sp³-hybridized carbons (Fsp3) is 0.385. The molecule has 3 aromatic rings. The van der Waals surface area contributed by atoms with E-state index in [0.29, 0.717) is 23.7 Å². The molecule has 2 aliphatic rings. The Balaban J connectivity index is 1.58. The number of carbonyl (C=O) groups excluding carboxylic acids is 1. The van der Waals surface area contributed by atoms with Crippen molar-refractivity contribution in [3.8, 4) is 22.8 Å². The number of aromatic amines is 1. The number of aryl methyl sites for hydroxylation is 1. The van der Waals surface area contributed by atoms with E-state index in [-0.39, 0.29) is 11.9 Å². The van der Waals surface area contributed by atoms with Gasteiger partial charge in [0.1, 0.15) is 17.2 Å². The van der Waals surface area contributed by atoms with E-state index in [4.69, 9.17) is 14.2 Å². The number of benzene rings is 2. The molecular formula is C26H30N4O4. The molecule has 1 N–H and O–H groups in total. The summed E-state index contributed by atoms with van der Waals surface area (Å²) in [6, 6.07) is 13.7. The molecule has 0 radical (unpaired) electrons. The van der Waals surface area contributed by atoms with Crippen molar-refractivity contribution in [2.45, 2.75) is 13.0 Å². The van der Waals surface area contributed by atoms with Crippen molar-refractivity contribution in [2.24, 2.45) is 0 Å². The van der Waals surface area contributed by atoms with Crippen LogP contribution < -0.4 is 9.47 Å². The van der Waals surface area contributed by atoms with Crippen molar-refractivity contribution < 1.29 is 19.0 Å². The van der Waals surface area contributed by atoms with E-state index in [9.17, 15) is 4.79 Å². The van der Waals surface area contributed by atoms with Crippen LogP contribution in [-0.4, -0.2) is 79.5 Å². The Bertz CT molecular complexity index is 1170. The molecule has 0 spiro atoms. The standard InChI is InChI=1S/C26H30N4O4/c1-17-4-6-18(7-5-17)23-22-24(28-27-23)26(31)30(11-10-29-12-14-34-15-13-29)25(22)20-9-8-19(32-2)16-21(20)33-3/h4-9,16,25H,10-15H2,1-3H3,(H,27,28). The highest BCUT2D eigenvalue weighted by Crippen LogP contribution is 2.46. The predicted octanol–water partition coefficient (Wildman–Crippen LogP) is 3.28. The van der Waals surface area contributed by atoms with Crippen LogP contribution in [0.4, 0.5) is 0 Å². The van der Waals surface area contributed by atoms with Gasteiger partial charge < -0.3 is 19.1 Å². The van der Waals surface area contributed by atoms with Crippen LogP contribution in [0.1, 0.15) is 33.2 Å². The summed E-state index contributed by atoms with van der Waals surface area (Å²) in [6.07, 6.45) is 0. The number of rotatable bonds is 7. The number of fused-ring (bicyclic) bond motifs is 1. The Kier molecular flexibility index (Phi) is 6.26. The van der Waals surface area contributed by atoms with Crippen molar-refractivity contribution in [2.75, 3.05) is 53.6 Å². The van der Waals surface area contributed by atoms with Crippen LogP contribution in [0, 0.1) is 6.92 Å². The van der Waals surface area contributed by atoms with E-state index in [1.54, 1.807) is 14.2 Å². The lowest BCUT2D eigenvalue weighted by atomic mass is 9.95. The molecule has 1 amide bonds. The number of carbonyl (C=O) groups is 1. The summed E-state index contributed by atoms with van der Waals surface area (Å²) >= 11 is 0. The minimum absolute atomic E-state index is 0.0445. The maximum atomic E-state index is 13.6. The zero-order valence-electron chi connectivity index (χ0n) is 19.8. The molecule has 178 valence electrons. The van der Waals surface area contributed by atoms with Gasteiger partial charge >= 0.3 is 0 Å². The summed E-state index contributed by atoms with van der Waals surface area (Å²) in [5.74, 6) is 1.34. The van der Waals surface area contributed by atoms with Crippen LogP contribution in [0.3, 0.4) is 0 Å². The van der Waals surface area contributed by atoms with Gasteiger partial charge in [0.25, 0.3) is 5.91 Å². The highest BCUT2D eigenvalue weighted by atomic mass is 16.5. The molecular weight excluding hydrogens is 432 g/mol. The van der Waals surface area contributed by atoms with Crippen molar-refractivity contribution in [1.82, 2.24) is 20.0 Å². The summed E-state index contributed by atoms with van der Waals surface area (Å²) in [5.41, 5.74) is 5.28. The van der Waals surface area contributed by atoms with Gasteiger partial charge in [0.05, 0.1) is 39.2 Å². The lowest BCUT2D eigenvalue weighted by molar-refractivity contribution is 0.0316. The fourth-order valence-corrected chi connectivity index (χ4v) is 4.80. The summed E-state index contributed by atoms with van der Waals surface area (Å²) in [5, 5.41) is 7.61. The van der Waals surface area contributed by atoms with Gasteiger partial charge in [-0.15, -0.1) is 0 Å². The van der Waals surface area contributed by atoms with Crippen LogP contribution in [0.15, 0.2) is 42.5 Å². The molecule has 1 saturated heterocycles. The molecule has 3 heterocycles. The van der Waals surface area contributed by atoms with Crippen LogP contribution in [-0.2, 0) is 4.74 Å². The molecule has 1 aromatic heterocycles. The number of nitrogens with zero attached hydrogens (tertiary/aromatic N) is 3. The Morgan fingerprint density at radius 3 is 2.53 bits per heavy atom. The maximum Gasteiger partial charge on any atom is 0.273 e. The van der Waals surface area contributed by atoms with Gasteiger partial charge in [0, 0.05) is 48.9 Å². The monoisotopic (exact) mass is 462 g/mol. The highest BCUT2D eigenvalue weighted by Gasteiger charge is 2.43. The third-order valence-electron chi connectivity index (χ3n) is 6.68. The molecule has 1 atom stereocenters. The molecule has 34 heavy (non-hydrogen) atoms. The Morgan fingerprint density at radius 2 is 1.82 bits per heavy atom. The number of ether oxygens (including phenoxy) is 3. The zero-order chi connectivity index (χ0) is 23.7. The number of aromatic nitrogens is 2. The molecule has 8 heteroatoms. The van der Waals surface area contributed by atoms with E-state index in [1.165, 1.54) is 5.56 Å². The average Bonchev–Trinajstić information content (AvgIpc) is 3.42. The topological polar surface area (TPSA) is 79.9 Å². The fourth-order valence-electron chi connectivity index (χ4n) is 4.80. The molecule has 0 bridgehead atoms. The Hall–Kier alpha value is -3.36. The van der Waals surface area contributed by atoms with E-state index < -0.39 is 0 Å². The second kappa shape index (κ2) is 9.48. The number of hydrogen-bond acceptors (Lipinski definition) is 6. The second-order valence-electron chi connectivity index (χ2n) is 8.69. The minimum atomic E-state index is -0.320. The number of amides is 1. The Labute approximate surface area is 199 Å². The molecule has 0 saturated carbocycles. The molecule has 2 aromatic carbocycles. The van der Waals surface area contributed by atoms with Gasteiger partial charge in [0.2, 0.25) is 0 Å². The van der Waals surface area contributed by atoms with Gasteiger partial charge in [0.15, 0.2) is 0 Å². The normalized spacial score (nSPS) is 18.3. The summed E-state index contributed by atoms with van der Waals surface area (Å²) in [6.45, 7) is 6.63. The van der Waals surface area contributed by atoms with Crippen molar-refractivity contribution >= 4 is 5.91 Å². The van der Waals surface area contributed by atoms with Gasteiger partial charge in [-0.05, 0) is 19.1 Å². The van der Waals surface area contributed by atoms with Gasteiger partial charge in [-0.25, -0.2) is 0 Å². The second-order valence-corrected chi connectivity index (χ2v) is 8.69. The van der Waals surface area contributed by atoms with Gasteiger partial charge in [-0.3, -0.25) is 14.8 Å². The van der Waals surface area contributed by atoms with Crippen molar-refractivity contribution in [3.05, 3.63) is 64.8 Å². The summed E-state index contributed by atoms with van der Waals surface area (Å²) in [4.78, 5) is 17.9. The van der Waals surface area contributed by atoms with Gasteiger partial charge in [-0.2, -0.15) is 5.10 Å². The molecule has 1 fully saturated rings. The van der Waals surface area contributed by atoms with Crippen LogP contribution >= 0.6 is 0 Å². The molecule has 2 aliphatic heterocycles. The maximum absolute atomic E-state index is 13.6. The third kappa shape index (κ3) is 4.03. The molecule has 1 unspecified atom stereocenters. The lowest BCUT2D eigenvalue weighted by Gasteiger charge is -2.32. The minimum Gasteiger partial charge on any atom is -0.497 e. The van der Waals surface area contributed by atoms with Crippen molar-refractivity contribution in [1.29, 1.82) is 0 Å². The summed E-state index contributed by atoms with van der Waals surface area (Å²) < 4.78 is 16.6. The predicted molar refractivity (Wildman–Crippen MR) is 128 cm³/mol. The van der Waals surface area contributed by atoms with E-state index in [1.807, 2.05) is 23.1 Å². The van der Waals surface area contributed by atoms with Gasteiger partial charge in [-0.1, -0.05) is 29.8 Å². The quantitative estimate of drug-likeness (QED) is 0.581. The number of methoxy groups -OCH3 is 2. The highest BCUT2D eigenvalue weighted by molar-refractivity contribution is 6.00. The SMILES string of the molecule is COc1ccc(C2c3c(-c4ccc(C)cc4)n[nH]c3C(=O)N2CCN2CCOCC2)c(OC)c1. The summed E-state index contributed by atoms with van der Waals surface area (Å²) in [7, 11) is 3.27. The number of morpholine rings is 1. The largest absolute Gasteiger partial charge is 0.497 e. The first-order valence-corrected chi connectivity index (χ1v) is 11.6. The van der Waals surface area contributed by atoms with Crippen molar-refractivity contribution in [3.63, 3.8) is 0 Å². The number of H-pyrrole nitrogens is 1. The first kappa shape index (κ1) is 22.4. The smallest absolute Gasteiger partial charge is 0.273 e. The molecule has 8 nitrogen and oxygen atoms in total. The van der Waals surface area contributed by atoms with Crippen LogP contribution in [0.2, 0.25) is 0 Å². The number of hydrogen-bond donors (Lipinski definition) is 1. The van der Waals surface area contributed by atoms with Crippen LogP contribution in [0.25, 0.3) is 11.3 Å². The van der Waals surface area contributed by atoms with E-state index in [0.717, 1.165) is 55.2 Å². The van der Waals surface area contributed by atoms with E-state index in [2.05, 4.69) is 46.3 Å². The van der Waals surface area contributed by atoms with Crippen LogP contribution in [0.5, 0.6) is 11.5 Å². The average molecular weight is 463 g/mol.